The molecule has 2 N–H and O–H groups in total. The van der Waals surface area contributed by atoms with Gasteiger partial charge in [-0.1, -0.05) is 25.1 Å². The monoisotopic (exact) mass is 270 g/mol. The van der Waals surface area contributed by atoms with Crippen LogP contribution in [0.1, 0.15) is 32.8 Å². The Bertz CT molecular complexity index is 484. The van der Waals surface area contributed by atoms with E-state index in [0.29, 0.717) is 17.8 Å². The second-order valence-electron chi connectivity index (χ2n) is 4.66. The van der Waals surface area contributed by atoms with Gasteiger partial charge < -0.3 is 5.73 Å². The Kier molecular flexibility index (Phi) is 5.16. The van der Waals surface area contributed by atoms with Crippen LogP contribution in [0.5, 0.6) is 0 Å². The van der Waals surface area contributed by atoms with E-state index in [0.717, 1.165) is 6.42 Å². The zero-order valence-electron chi connectivity index (χ0n) is 11.3. The molecule has 1 rings (SSSR count). The van der Waals surface area contributed by atoms with Crippen molar-refractivity contribution in [3.8, 4) is 0 Å². The molecule has 102 valence electrons. The number of sulfonamides is 1. The molecule has 0 aromatic heterocycles. The van der Waals surface area contributed by atoms with Crippen molar-refractivity contribution in [2.75, 3.05) is 12.3 Å². The van der Waals surface area contributed by atoms with Gasteiger partial charge in [0, 0.05) is 18.3 Å². The smallest absolute Gasteiger partial charge is 0.218 e. The molecule has 0 spiro atoms. The van der Waals surface area contributed by atoms with Crippen LogP contribution in [0.2, 0.25) is 0 Å². The van der Waals surface area contributed by atoms with Crippen molar-refractivity contribution in [3.63, 3.8) is 0 Å². The highest BCUT2D eigenvalue weighted by molar-refractivity contribution is 7.88. The number of nitrogen functional groups attached to an aromatic ring is 1. The van der Waals surface area contributed by atoms with Gasteiger partial charge in [0.25, 0.3) is 0 Å². The van der Waals surface area contributed by atoms with E-state index in [1.165, 1.54) is 0 Å². The summed E-state index contributed by atoms with van der Waals surface area (Å²) in [5.41, 5.74) is 6.99. The molecular weight excluding hydrogens is 248 g/mol. The van der Waals surface area contributed by atoms with E-state index in [9.17, 15) is 8.42 Å². The number of nitrogens with two attached hydrogens (primary N) is 1. The highest BCUT2D eigenvalue weighted by atomic mass is 32.2. The van der Waals surface area contributed by atoms with Gasteiger partial charge in [-0.05, 0) is 31.9 Å². The molecule has 0 heterocycles. The maximum absolute atomic E-state index is 12.4. The van der Waals surface area contributed by atoms with Crippen LogP contribution in [0.4, 0.5) is 5.69 Å². The summed E-state index contributed by atoms with van der Waals surface area (Å²) in [5, 5.41) is 0. The molecule has 4 nitrogen and oxygen atoms in total. The molecule has 0 atom stereocenters. The number of para-hydroxylation sites is 1. The summed E-state index contributed by atoms with van der Waals surface area (Å²) in [7, 11) is -3.31. The van der Waals surface area contributed by atoms with Crippen molar-refractivity contribution in [2.24, 2.45) is 0 Å². The Balaban J connectivity index is 2.96. The van der Waals surface area contributed by atoms with Crippen LogP contribution in [-0.4, -0.2) is 25.3 Å². The van der Waals surface area contributed by atoms with E-state index in [4.69, 9.17) is 5.73 Å². The minimum absolute atomic E-state index is 0.0279. The summed E-state index contributed by atoms with van der Waals surface area (Å²) in [6.45, 7) is 6.30. The maximum atomic E-state index is 12.4. The topological polar surface area (TPSA) is 63.4 Å². The van der Waals surface area contributed by atoms with E-state index < -0.39 is 10.0 Å². The second kappa shape index (κ2) is 6.20. The van der Waals surface area contributed by atoms with Gasteiger partial charge in [0.1, 0.15) is 0 Å². The van der Waals surface area contributed by atoms with Crippen molar-refractivity contribution in [1.82, 2.24) is 4.31 Å². The van der Waals surface area contributed by atoms with E-state index in [1.807, 2.05) is 20.8 Å². The van der Waals surface area contributed by atoms with Gasteiger partial charge in [0.15, 0.2) is 0 Å². The van der Waals surface area contributed by atoms with Crippen LogP contribution in [0, 0.1) is 0 Å². The number of anilines is 1. The summed E-state index contributed by atoms with van der Waals surface area (Å²) in [4.78, 5) is 0. The average Bonchev–Trinajstić information content (AvgIpc) is 2.28. The first-order chi connectivity index (χ1) is 8.38. The van der Waals surface area contributed by atoms with Gasteiger partial charge in [-0.15, -0.1) is 0 Å². The Morgan fingerprint density at radius 1 is 1.28 bits per heavy atom. The SMILES string of the molecule is CCCN(C(C)C)S(=O)(=O)Cc1ccccc1N. The largest absolute Gasteiger partial charge is 0.398 e. The first-order valence-electron chi connectivity index (χ1n) is 6.21. The average molecular weight is 270 g/mol. The van der Waals surface area contributed by atoms with Crippen LogP contribution < -0.4 is 5.73 Å². The molecule has 0 bridgehead atoms. The highest BCUT2D eigenvalue weighted by Gasteiger charge is 2.24. The summed E-state index contributed by atoms with van der Waals surface area (Å²) >= 11 is 0. The third kappa shape index (κ3) is 3.71. The molecule has 18 heavy (non-hydrogen) atoms. The molecule has 0 saturated heterocycles. The third-order valence-corrected chi connectivity index (χ3v) is 4.76. The molecule has 0 unspecified atom stereocenters. The fourth-order valence-corrected chi connectivity index (χ4v) is 3.81. The Morgan fingerprint density at radius 3 is 2.39 bits per heavy atom. The maximum Gasteiger partial charge on any atom is 0.218 e. The molecule has 0 radical (unpaired) electrons. The lowest BCUT2D eigenvalue weighted by molar-refractivity contribution is 0.353. The molecule has 5 heteroatoms. The normalized spacial score (nSPS) is 12.3. The van der Waals surface area contributed by atoms with Crippen molar-refractivity contribution in [2.45, 2.75) is 39.0 Å². The first-order valence-corrected chi connectivity index (χ1v) is 7.82. The zero-order valence-corrected chi connectivity index (χ0v) is 12.1. The van der Waals surface area contributed by atoms with Crippen molar-refractivity contribution >= 4 is 15.7 Å². The van der Waals surface area contributed by atoms with Gasteiger partial charge >= 0.3 is 0 Å². The number of benzene rings is 1. The molecule has 0 aliphatic heterocycles. The lowest BCUT2D eigenvalue weighted by atomic mass is 10.2. The van der Waals surface area contributed by atoms with Gasteiger partial charge in [0.2, 0.25) is 10.0 Å². The minimum atomic E-state index is -3.31. The van der Waals surface area contributed by atoms with E-state index >= 15 is 0 Å². The third-order valence-electron chi connectivity index (χ3n) is 2.77. The zero-order chi connectivity index (χ0) is 13.8. The lowest BCUT2D eigenvalue weighted by Crippen LogP contribution is -2.38. The molecule has 1 aromatic carbocycles. The molecule has 0 fully saturated rings. The molecule has 0 amide bonds. The summed E-state index contributed by atoms with van der Waals surface area (Å²) in [5.74, 6) is -0.0299. The van der Waals surface area contributed by atoms with Crippen LogP contribution in [0.25, 0.3) is 0 Å². The van der Waals surface area contributed by atoms with Crippen LogP contribution in [-0.2, 0) is 15.8 Å². The van der Waals surface area contributed by atoms with Crippen molar-refractivity contribution in [1.29, 1.82) is 0 Å². The summed E-state index contributed by atoms with van der Waals surface area (Å²) < 4.78 is 26.2. The number of rotatable bonds is 6. The fourth-order valence-electron chi connectivity index (χ4n) is 1.88. The minimum Gasteiger partial charge on any atom is -0.398 e. The number of hydrogen-bond acceptors (Lipinski definition) is 3. The predicted octanol–water partition coefficient (Wildman–Crippen LogP) is 2.22. The Morgan fingerprint density at radius 2 is 1.89 bits per heavy atom. The number of nitrogens with zero attached hydrogens (tertiary/aromatic N) is 1. The highest BCUT2D eigenvalue weighted by Crippen LogP contribution is 2.18. The number of hydrogen-bond donors (Lipinski definition) is 1. The van der Waals surface area contributed by atoms with Crippen LogP contribution >= 0.6 is 0 Å². The second-order valence-corrected chi connectivity index (χ2v) is 6.58. The van der Waals surface area contributed by atoms with E-state index in [1.54, 1.807) is 28.6 Å². The van der Waals surface area contributed by atoms with E-state index in [-0.39, 0.29) is 11.8 Å². The van der Waals surface area contributed by atoms with Crippen molar-refractivity contribution < 1.29 is 8.42 Å². The standard InChI is InChI=1S/C13H22N2O2S/c1-4-9-15(11(2)3)18(16,17)10-12-7-5-6-8-13(12)14/h5-8,11H,4,9-10,14H2,1-3H3. The van der Waals surface area contributed by atoms with E-state index in [2.05, 4.69) is 0 Å². The lowest BCUT2D eigenvalue weighted by Gasteiger charge is -2.25. The van der Waals surface area contributed by atoms with Gasteiger partial charge in [-0.25, -0.2) is 8.42 Å². The Labute approximate surface area is 110 Å². The Hall–Kier alpha value is -1.07. The van der Waals surface area contributed by atoms with Gasteiger partial charge in [-0.2, -0.15) is 4.31 Å². The van der Waals surface area contributed by atoms with Crippen LogP contribution in [0.15, 0.2) is 24.3 Å². The molecule has 1 aromatic rings. The van der Waals surface area contributed by atoms with Gasteiger partial charge in [0.05, 0.1) is 5.75 Å². The molecule has 0 saturated carbocycles. The fraction of sp³-hybridized carbons (Fsp3) is 0.538. The quantitative estimate of drug-likeness (QED) is 0.806. The van der Waals surface area contributed by atoms with Gasteiger partial charge in [-0.3, -0.25) is 0 Å². The predicted molar refractivity (Wildman–Crippen MR) is 75.6 cm³/mol. The van der Waals surface area contributed by atoms with Crippen LogP contribution in [0.3, 0.4) is 0 Å². The molecule has 0 aliphatic rings. The van der Waals surface area contributed by atoms with Crippen molar-refractivity contribution in [3.05, 3.63) is 29.8 Å². The summed E-state index contributed by atoms with van der Waals surface area (Å²) in [6.07, 6.45) is 0.807. The molecular formula is C13H22N2O2S. The molecule has 0 aliphatic carbocycles. The first kappa shape index (κ1) is 15.0. The summed E-state index contributed by atoms with van der Waals surface area (Å²) in [6, 6.07) is 7.07.